The first kappa shape index (κ1) is 26.9. The van der Waals surface area contributed by atoms with Gasteiger partial charge in [0.2, 0.25) is 0 Å². The van der Waals surface area contributed by atoms with Crippen LogP contribution in [0.5, 0.6) is 5.75 Å². The van der Waals surface area contributed by atoms with Crippen LogP contribution < -0.4 is 15.3 Å². The largest absolute Gasteiger partial charge is 0.462 e. The standard InChI is InChI=1S/C23H32FN4O6P/c1-15(2)32-21(29)16(3)27-35(30,34-18-9-7-6-8-10-18)31-14-19-13-23(5,24)22(33-19)28-12-11-20(25)26-17(28)4/h6-12,15-16,19,22H,4,13-14H2,1-3,5H3,(H2,25,26)(H,27,30)/t16-,19+,22-,23-,35-/m1/s1. The molecule has 2 heterocycles. The van der Waals surface area contributed by atoms with Gasteiger partial charge in [0, 0.05) is 12.6 Å². The van der Waals surface area contributed by atoms with E-state index in [1.807, 2.05) is 0 Å². The highest BCUT2D eigenvalue weighted by Gasteiger charge is 2.50. The molecular formula is C23H32FN4O6P. The summed E-state index contributed by atoms with van der Waals surface area (Å²) in [4.78, 5) is 17.8. The second kappa shape index (κ2) is 10.9. The summed E-state index contributed by atoms with van der Waals surface area (Å²) in [5.41, 5.74) is 3.87. The van der Waals surface area contributed by atoms with Crippen LogP contribution >= 0.6 is 7.75 Å². The molecule has 35 heavy (non-hydrogen) atoms. The molecule has 12 heteroatoms. The fraction of sp³-hybridized carbons (Fsp3) is 0.478. The minimum atomic E-state index is -4.10. The van der Waals surface area contributed by atoms with E-state index in [1.54, 1.807) is 50.4 Å². The molecule has 192 valence electrons. The predicted molar refractivity (Wildman–Crippen MR) is 129 cm³/mol. The van der Waals surface area contributed by atoms with E-state index >= 15 is 4.39 Å². The number of nitrogens with zero attached hydrogens (tertiary/aromatic N) is 2. The number of esters is 1. The maximum atomic E-state index is 15.4. The molecule has 0 aliphatic carbocycles. The Morgan fingerprint density at radius 1 is 1.40 bits per heavy atom. The average Bonchev–Trinajstić information content (AvgIpc) is 3.06. The van der Waals surface area contributed by atoms with Crippen LogP contribution in [0.1, 0.15) is 34.1 Å². The van der Waals surface area contributed by atoms with Crippen molar-refractivity contribution in [3.05, 3.63) is 55.0 Å². The molecule has 2 aliphatic heterocycles. The molecule has 1 aromatic carbocycles. The number of rotatable bonds is 10. The van der Waals surface area contributed by atoms with E-state index < -0.39 is 37.8 Å². The Kier molecular flexibility index (Phi) is 8.38. The fourth-order valence-electron chi connectivity index (χ4n) is 3.59. The number of ether oxygens (including phenoxy) is 2. The van der Waals surface area contributed by atoms with Crippen molar-refractivity contribution in [2.45, 2.75) is 64.3 Å². The molecule has 0 radical (unpaired) electrons. The number of carbonyl (C=O) groups is 1. The van der Waals surface area contributed by atoms with Gasteiger partial charge >= 0.3 is 13.7 Å². The van der Waals surface area contributed by atoms with E-state index in [1.165, 1.54) is 24.8 Å². The lowest BCUT2D eigenvalue weighted by molar-refractivity contribution is -0.149. The number of aliphatic imine (C=N–C) groups is 1. The first-order chi connectivity index (χ1) is 16.4. The van der Waals surface area contributed by atoms with E-state index in [4.69, 9.17) is 24.3 Å². The summed E-state index contributed by atoms with van der Waals surface area (Å²) >= 11 is 0. The van der Waals surface area contributed by atoms with Gasteiger partial charge in [-0.1, -0.05) is 24.8 Å². The molecule has 10 nitrogen and oxygen atoms in total. The van der Waals surface area contributed by atoms with Crippen LogP contribution in [0.25, 0.3) is 0 Å². The van der Waals surface area contributed by atoms with Crippen LogP contribution in [0.15, 0.2) is 60.0 Å². The van der Waals surface area contributed by atoms with E-state index in [0.717, 1.165) is 0 Å². The molecule has 0 unspecified atom stereocenters. The maximum Gasteiger partial charge on any atom is 0.459 e. The van der Waals surface area contributed by atoms with Crippen LogP contribution in [0.4, 0.5) is 4.39 Å². The Labute approximate surface area is 204 Å². The number of carbonyl (C=O) groups excluding carboxylic acids is 1. The monoisotopic (exact) mass is 510 g/mol. The Bertz CT molecular complexity index is 1030. The van der Waals surface area contributed by atoms with Crippen LogP contribution in [-0.2, 0) is 23.4 Å². The number of amidine groups is 1. The number of alkyl halides is 1. The first-order valence-corrected chi connectivity index (χ1v) is 12.7. The van der Waals surface area contributed by atoms with Crippen LogP contribution in [0.3, 0.4) is 0 Å². The highest BCUT2D eigenvalue weighted by atomic mass is 31.2. The van der Waals surface area contributed by atoms with Gasteiger partial charge in [-0.2, -0.15) is 5.09 Å². The molecule has 0 bridgehead atoms. The Hall–Kier alpha value is -2.72. The second-order valence-corrected chi connectivity index (χ2v) is 10.5. The van der Waals surface area contributed by atoms with Crippen molar-refractivity contribution in [2.24, 2.45) is 10.7 Å². The van der Waals surface area contributed by atoms with Crippen molar-refractivity contribution in [3.8, 4) is 5.75 Å². The zero-order chi connectivity index (χ0) is 25.8. The third kappa shape index (κ3) is 7.14. The van der Waals surface area contributed by atoms with Gasteiger partial charge in [-0.15, -0.1) is 0 Å². The smallest absolute Gasteiger partial charge is 0.459 e. The molecule has 0 spiro atoms. The minimum Gasteiger partial charge on any atom is -0.462 e. The third-order valence-corrected chi connectivity index (χ3v) is 6.78. The lowest BCUT2D eigenvalue weighted by atomic mass is 10.0. The van der Waals surface area contributed by atoms with E-state index in [9.17, 15) is 9.36 Å². The number of nitrogens with two attached hydrogens (primary N) is 1. The summed E-state index contributed by atoms with van der Waals surface area (Å²) in [5.74, 6) is 0.125. The first-order valence-electron chi connectivity index (χ1n) is 11.2. The lowest BCUT2D eigenvalue weighted by Gasteiger charge is -2.33. The van der Waals surface area contributed by atoms with Crippen molar-refractivity contribution in [1.29, 1.82) is 0 Å². The molecule has 1 aromatic rings. The van der Waals surface area contributed by atoms with E-state index in [2.05, 4.69) is 16.7 Å². The summed E-state index contributed by atoms with van der Waals surface area (Å²) in [6, 6.07) is 7.35. The predicted octanol–water partition coefficient (Wildman–Crippen LogP) is 3.62. The van der Waals surface area contributed by atoms with Crippen molar-refractivity contribution < 1.29 is 32.3 Å². The zero-order valence-electron chi connectivity index (χ0n) is 20.2. The summed E-state index contributed by atoms with van der Waals surface area (Å²) < 4.78 is 51.3. The van der Waals surface area contributed by atoms with Gasteiger partial charge in [0.1, 0.15) is 23.4 Å². The van der Waals surface area contributed by atoms with Gasteiger partial charge in [0.25, 0.3) is 0 Å². The van der Waals surface area contributed by atoms with Gasteiger partial charge in [0.05, 0.1) is 18.8 Å². The number of nitrogens with one attached hydrogen (secondary N) is 1. The Balaban J connectivity index is 1.71. The molecule has 3 rings (SSSR count). The molecule has 0 saturated carbocycles. The third-order valence-electron chi connectivity index (χ3n) is 5.13. The van der Waals surface area contributed by atoms with E-state index in [-0.39, 0.29) is 36.5 Å². The van der Waals surface area contributed by atoms with Gasteiger partial charge < -0.3 is 24.6 Å². The Morgan fingerprint density at radius 2 is 2.09 bits per heavy atom. The summed E-state index contributed by atoms with van der Waals surface area (Å²) in [6.45, 7) is 9.80. The van der Waals surface area contributed by atoms with Gasteiger partial charge in [-0.3, -0.25) is 9.32 Å². The minimum absolute atomic E-state index is 0.0508. The summed E-state index contributed by atoms with van der Waals surface area (Å²) in [5, 5.41) is 2.60. The number of hydrogen-bond acceptors (Lipinski definition) is 9. The summed E-state index contributed by atoms with van der Waals surface area (Å²) in [7, 11) is -4.10. The molecule has 0 aromatic heterocycles. The van der Waals surface area contributed by atoms with Crippen LogP contribution in [0, 0.1) is 0 Å². The fourth-order valence-corrected chi connectivity index (χ4v) is 5.11. The van der Waals surface area contributed by atoms with E-state index in [0.29, 0.717) is 0 Å². The van der Waals surface area contributed by atoms with Crippen molar-refractivity contribution in [3.63, 3.8) is 0 Å². The van der Waals surface area contributed by atoms with Crippen molar-refractivity contribution >= 4 is 19.6 Å². The van der Waals surface area contributed by atoms with Crippen LogP contribution in [0.2, 0.25) is 0 Å². The molecule has 5 atom stereocenters. The quantitative estimate of drug-likeness (QED) is 0.359. The second-order valence-electron chi connectivity index (χ2n) is 8.80. The molecule has 0 amide bonds. The normalized spacial score (nSPS) is 26.9. The maximum absolute atomic E-state index is 15.4. The van der Waals surface area contributed by atoms with Crippen molar-refractivity contribution in [2.75, 3.05) is 6.61 Å². The summed E-state index contributed by atoms with van der Waals surface area (Å²) in [6.07, 6.45) is 0.840. The van der Waals surface area contributed by atoms with Crippen molar-refractivity contribution in [1.82, 2.24) is 9.99 Å². The van der Waals surface area contributed by atoms with Gasteiger partial charge in [-0.05, 0) is 45.9 Å². The lowest BCUT2D eigenvalue weighted by Crippen LogP contribution is -2.43. The highest BCUT2D eigenvalue weighted by molar-refractivity contribution is 7.52. The average molecular weight is 511 g/mol. The van der Waals surface area contributed by atoms with Gasteiger partial charge in [0.15, 0.2) is 11.9 Å². The molecule has 2 aliphatic rings. The number of para-hydroxylation sites is 1. The SMILES string of the molecule is C=C1N=C(N)C=CN1[C@@H]1O[C@H](CO[P@](=O)(N[C@H](C)C(=O)OC(C)C)Oc2ccccc2)C[C@@]1(C)F. The molecule has 3 N–H and O–H groups in total. The highest BCUT2D eigenvalue weighted by Crippen LogP contribution is 2.46. The molecular weight excluding hydrogens is 478 g/mol. The number of halogens is 1. The number of benzene rings is 1. The van der Waals surface area contributed by atoms with Gasteiger partial charge in [-0.25, -0.2) is 13.9 Å². The molecule has 1 fully saturated rings. The Morgan fingerprint density at radius 3 is 2.71 bits per heavy atom. The number of hydrogen-bond donors (Lipinski definition) is 2. The van der Waals surface area contributed by atoms with Crippen LogP contribution in [-0.4, -0.2) is 53.5 Å². The topological polar surface area (TPSA) is 125 Å². The zero-order valence-corrected chi connectivity index (χ0v) is 21.1. The molecule has 1 saturated heterocycles.